The molecule has 2 amide bonds. The molecule has 3 rings (SSSR count). The van der Waals surface area contributed by atoms with Crippen LogP contribution in [-0.4, -0.2) is 29.8 Å². The summed E-state index contributed by atoms with van der Waals surface area (Å²) in [5, 5.41) is 2.75. The SMILES string of the molecule is O=C(Cc1ccccc1F)Nc1ccccc1C(=O)N1CCCCC1. The number of nitrogens with zero attached hydrogens (tertiary/aromatic N) is 1. The Morgan fingerprint density at radius 2 is 1.64 bits per heavy atom. The molecule has 5 heteroatoms. The third-order valence-electron chi connectivity index (χ3n) is 4.38. The predicted molar refractivity (Wildman–Crippen MR) is 94.9 cm³/mol. The molecule has 4 nitrogen and oxygen atoms in total. The van der Waals surface area contributed by atoms with E-state index in [2.05, 4.69) is 5.32 Å². The average Bonchev–Trinajstić information content (AvgIpc) is 2.64. The number of anilines is 1. The molecule has 0 bridgehead atoms. The van der Waals surface area contributed by atoms with Gasteiger partial charge in [-0.15, -0.1) is 0 Å². The van der Waals surface area contributed by atoms with Gasteiger partial charge < -0.3 is 10.2 Å². The largest absolute Gasteiger partial charge is 0.339 e. The number of benzene rings is 2. The summed E-state index contributed by atoms with van der Waals surface area (Å²) in [5.74, 6) is -0.819. The molecular weight excluding hydrogens is 319 g/mol. The van der Waals surface area contributed by atoms with Gasteiger partial charge in [-0.05, 0) is 43.0 Å². The zero-order valence-corrected chi connectivity index (χ0v) is 14.0. The third-order valence-corrected chi connectivity index (χ3v) is 4.38. The lowest BCUT2D eigenvalue weighted by Gasteiger charge is -2.27. The van der Waals surface area contributed by atoms with Crippen molar-refractivity contribution in [1.82, 2.24) is 4.90 Å². The van der Waals surface area contributed by atoms with E-state index in [9.17, 15) is 14.0 Å². The molecule has 2 aromatic rings. The number of hydrogen-bond acceptors (Lipinski definition) is 2. The Bertz CT molecular complexity index is 770. The molecule has 1 saturated heterocycles. The van der Waals surface area contributed by atoms with Crippen molar-refractivity contribution in [3.05, 3.63) is 65.5 Å². The second kappa shape index (κ2) is 7.92. The van der Waals surface area contributed by atoms with Crippen LogP contribution in [0.2, 0.25) is 0 Å². The third kappa shape index (κ3) is 4.24. The summed E-state index contributed by atoms with van der Waals surface area (Å²) in [4.78, 5) is 26.8. The van der Waals surface area contributed by atoms with Gasteiger partial charge in [-0.2, -0.15) is 0 Å². The van der Waals surface area contributed by atoms with Gasteiger partial charge in [-0.25, -0.2) is 4.39 Å². The molecule has 2 aromatic carbocycles. The number of para-hydroxylation sites is 1. The van der Waals surface area contributed by atoms with Crippen molar-refractivity contribution in [3.63, 3.8) is 0 Å². The second-order valence-corrected chi connectivity index (χ2v) is 6.21. The van der Waals surface area contributed by atoms with Gasteiger partial charge in [-0.1, -0.05) is 30.3 Å². The van der Waals surface area contributed by atoms with Crippen LogP contribution in [0.4, 0.5) is 10.1 Å². The van der Waals surface area contributed by atoms with Crippen molar-refractivity contribution >= 4 is 17.5 Å². The normalized spacial score (nSPS) is 14.2. The Hall–Kier alpha value is -2.69. The van der Waals surface area contributed by atoms with Gasteiger partial charge in [0, 0.05) is 13.1 Å². The molecule has 1 N–H and O–H groups in total. The highest BCUT2D eigenvalue weighted by molar-refractivity contribution is 6.04. The summed E-state index contributed by atoms with van der Waals surface area (Å²) in [7, 11) is 0. The molecule has 1 heterocycles. The van der Waals surface area contributed by atoms with E-state index < -0.39 is 5.82 Å². The maximum atomic E-state index is 13.7. The molecule has 25 heavy (non-hydrogen) atoms. The van der Waals surface area contributed by atoms with Gasteiger partial charge in [0.25, 0.3) is 5.91 Å². The van der Waals surface area contributed by atoms with Crippen LogP contribution < -0.4 is 5.32 Å². The van der Waals surface area contributed by atoms with Gasteiger partial charge in [0.2, 0.25) is 5.91 Å². The molecule has 0 atom stereocenters. The van der Waals surface area contributed by atoms with Crippen LogP contribution in [0.25, 0.3) is 0 Å². The molecule has 0 spiro atoms. The minimum atomic E-state index is -0.407. The Balaban J connectivity index is 1.73. The first-order chi connectivity index (χ1) is 12.1. The van der Waals surface area contributed by atoms with Crippen molar-refractivity contribution in [2.45, 2.75) is 25.7 Å². The summed E-state index contributed by atoms with van der Waals surface area (Å²) in [6.07, 6.45) is 3.09. The Morgan fingerprint density at radius 1 is 0.960 bits per heavy atom. The van der Waals surface area contributed by atoms with Crippen molar-refractivity contribution in [1.29, 1.82) is 0 Å². The monoisotopic (exact) mass is 340 g/mol. The van der Waals surface area contributed by atoms with E-state index >= 15 is 0 Å². The first-order valence-electron chi connectivity index (χ1n) is 8.57. The standard InChI is InChI=1S/C20H21FN2O2/c21-17-10-4-2-8-15(17)14-19(24)22-18-11-5-3-9-16(18)20(25)23-12-6-1-7-13-23/h2-5,8-11H,1,6-7,12-14H2,(H,22,24). The van der Waals surface area contributed by atoms with Gasteiger partial charge >= 0.3 is 0 Å². The van der Waals surface area contributed by atoms with Crippen LogP contribution in [0.15, 0.2) is 48.5 Å². The summed E-state index contributed by atoms with van der Waals surface area (Å²) in [5.41, 5.74) is 1.28. The van der Waals surface area contributed by atoms with Crippen LogP contribution in [0.3, 0.4) is 0 Å². The van der Waals surface area contributed by atoms with Crippen LogP contribution in [0.5, 0.6) is 0 Å². The quantitative estimate of drug-likeness (QED) is 0.924. The van der Waals surface area contributed by atoms with E-state index in [0.29, 0.717) is 16.8 Å². The molecule has 1 aliphatic rings. The smallest absolute Gasteiger partial charge is 0.255 e. The highest BCUT2D eigenvalue weighted by Crippen LogP contribution is 2.20. The fourth-order valence-electron chi connectivity index (χ4n) is 3.06. The summed E-state index contributed by atoms with van der Waals surface area (Å²) in [6.45, 7) is 1.49. The molecule has 0 aliphatic carbocycles. The summed E-state index contributed by atoms with van der Waals surface area (Å²) in [6, 6.07) is 13.2. The Labute approximate surface area is 146 Å². The number of halogens is 1. The highest BCUT2D eigenvalue weighted by Gasteiger charge is 2.21. The first-order valence-corrected chi connectivity index (χ1v) is 8.57. The molecule has 0 unspecified atom stereocenters. The van der Waals surface area contributed by atoms with E-state index in [1.807, 2.05) is 4.90 Å². The lowest BCUT2D eigenvalue weighted by Crippen LogP contribution is -2.36. The van der Waals surface area contributed by atoms with Crippen molar-refractivity contribution < 1.29 is 14.0 Å². The van der Waals surface area contributed by atoms with Crippen molar-refractivity contribution in [3.8, 4) is 0 Å². The maximum Gasteiger partial charge on any atom is 0.255 e. The Morgan fingerprint density at radius 3 is 2.40 bits per heavy atom. The molecule has 0 saturated carbocycles. The van der Waals surface area contributed by atoms with Crippen molar-refractivity contribution in [2.24, 2.45) is 0 Å². The first kappa shape index (κ1) is 17.1. The number of carbonyl (C=O) groups excluding carboxylic acids is 2. The van der Waals surface area contributed by atoms with Crippen LogP contribution >= 0.6 is 0 Å². The fraction of sp³-hybridized carbons (Fsp3) is 0.300. The van der Waals surface area contributed by atoms with E-state index in [-0.39, 0.29) is 18.2 Å². The lowest BCUT2D eigenvalue weighted by molar-refractivity contribution is -0.115. The van der Waals surface area contributed by atoms with E-state index in [0.717, 1.165) is 32.4 Å². The minimum Gasteiger partial charge on any atom is -0.339 e. The topological polar surface area (TPSA) is 49.4 Å². The average molecular weight is 340 g/mol. The maximum absolute atomic E-state index is 13.7. The number of amides is 2. The van der Waals surface area contributed by atoms with Crippen LogP contribution in [0, 0.1) is 5.82 Å². The van der Waals surface area contributed by atoms with Gasteiger partial charge in [0.05, 0.1) is 17.7 Å². The van der Waals surface area contributed by atoms with Crippen molar-refractivity contribution in [2.75, 3.05) is 18.4 Å². The zero-order valence-electron chi connectivity index (χ0n) is 14.0. The van der Waals surface area contributed by atoms with E-state index in [1.165, 1.54) is 6.07 Å². The van der Waals surface area contributed by atoms with Gasteiger partial charge in [-0.3, -0.25) is 9.59 Å². The highest BCUT2D eigenvalue weighted by atomic mass is 19.1. The number of piperidine rings is 1. The predicted octanol–water partition coefficient (Wildman–Crippen LogP) is 3.63. The summed E-state index contributed by atoms with van der Waals surface area (Å²) < 4.78 is 13.7. The Kier molecular flexibility index (Phi) is 5.43. The lowest BCUT2D eigenvalue weighted by atomic mass is 10.1. The van der Waals surface area contributed by atoms with Gasteiger partial charge in [0.15, 0.2) is 0 Å². The molecule has 0 aromatic heterocycles. The summed E-state index contributed by atoms with van der Waals surface area (Å²) >= 11 is 0. The van der Waals surface area contributed by atoms with Gasteiger partial charge in [0.1, 0.15) is 5.82 Å². The molecule has 1 aliphatic heterocycles. The number of nitrogens with one attached hydrogen (secondary N) is 1. The van der Waals surface area contributed by atoms with E-state index in [4.69, 9.17) is 0 Å². The zero-order chi connectivity index (χ0) is 17.6. The molecule has 1 fully saturated rings. The van der Waals surface area contributed by atoms with Crippen LogP contribution in [-0.2, 0) is 11.2 Å². The minimum absolute atomic E-state index is 0.0681. The van der Waals surface area contributed by atoms with E-state index in [1.54, 1.807) is 42.5 Å². The number of carbonyl (C=O) groups is 2. The molecule has 0 radical (unpaired) electrons. The molecular formula is C20H21FN2O2. The number of likely N-dealkylation sites (tertiary alicyclic amines) is 1. The number of rotatable bonds is 4. The number of hydrogen-bond donors (Lipinski definition) is 1. The van der Waals surface area contributed by atoms with Crippen LogP contribution in [0.1, 0.15) is 35.2 Å². The second-order valence-electron chi connectivity index (χ2n) is 6.21. The fourth-order valence-corrected chi connectivity index (χ4v) is 3.06. The molecule has 130 valence electrons.